The van der Waals surface area contributed by atoms with Crippen LogP contribution in [0, 0.1) is 12.7 Å². The van der Waals surface area contributed by atoms with Crippen LogP contribution in [0.2, 0.25) is 0 Å². The zero-order valence-corrected chi connectivity index (χ0v) is 10.9. The fraction of sp³-hybridized carbons (Fsp3) is 0.154. The molecule has 0 unspecified atom stereocenters. The van der Waals surface area contributed by atoms with Gasteiger partial charge in [-0.25, -0.2) is 4.39 Å². The molecule has 1 heterocycles. The molecule has 4 heteroatoms. The Bertz CT molecular complexity index is 513. The van der Waals surface area contributed by atoms with Crippen LogP contribution in [0.4, 0.5) is 4.39 Å². The lowest BCUT2D eigenvalue weighted by molar-refractivity contribution is 0.468. The molecule has 0 bridgehead atoms. The van der Waals surface area contributed by atoms with Crippen molar-refractivity contribution >= 4 is 15.9 Å². The monoisotopic (exact) mass is 295 g/mol. The largest absolute Gasteiger partial charge is 0.455 e. The molecule has 0 N–H and O–H groups in total. The predicted octanol–water partition coefficient (Wildman–Crippen LogP) is 4.22. The van der Waals surface area contributed by atoms with Gasteiger partial charge in [0.05, 0.1) is 6.20 Å². The SMILES string of the molecule is Cc1ccc(Oc2cccc(F)c2CBr)cn1. The second kappa shape index (κ2) is 5.27. The Balaban J connectivity index is 2.29. The molecule has 2 aromatic rings. The lowest BCUT2D eigenvalue weighted by Gasteiger charge is -2.09. The number of rotatable bonds is 3. The van der Waals surface area contributed by atoms with E-state index in [0.717, 1.165) is 5.69 Å². The van der Waals surface area contributed by atoms with Crippen LogP contribution in [0.5, 0.6) is 11.5 Å². The van der Waals surface area contributed by atoms with Gasteiger partial charge in [0.15, 0.2) is 0 Å². The maximum absolute atomic E-state index is 13.5. The molecule has 1 aromatic heterocycles. The summed E-state index contributed by atoms with van der Waals surface area (Å²) in [5.41, 5.74) is 1.42. The molecule has 0 spiro atoms. The topological polar surface area (TPSA) is 22.1 Å². The molecule has 0 fully saturated rings. The molecule has 17 heavy (non-hydrogen) atoms. The van der Waals surface area contributed by atoms with E-state index in [1.54, 1.807) is 18.3 Å². The molecule has 0 atom stereocenters. The fourth-order valence-electron chi connectivity index (χ4n) is 1.41. The molecule has 0 saturated heterocycles. The highest BCUT2D eigenvalue weighted by atomic mass is 79.9. The van der Waals surface area contributed by atoms with Gasteiger partial charge >= 0.3 is 0 Å². The van der Waals surface area contributed by atoms with Crippen LogP contribution in [0.1, 0.15) is 11.3 Å². The number of alkyl halides is 1. The first-order valence-electron chi connectivity index (χ1n) is 5.14. The highest BCUT2D eigenvalue weighted by molar-refractivity contribution is 9.08. The first-order valence-corrected chi connectivity index (χ1v) is 6.26. The van der Waals surface area contributed by atoms with Gasteiger partial charge < -0.3 is 4.74 Å². The fourth-order valence-corrected chi connectivity index (χ4v) is 1.95. The van der Waals surface area contributed by atoms with Gasteiger partial charge in [-0.2, -0.15) is 0 Å². The minimum Gasteiger partial charge on any atom is -0.455 e. The predicted molar refractivity (Wildman–Crippen MR) is 68.1 cm³/mol. The van der Waals surface area contributed by atoms with Crippen molar-refractivity contribution < 1.29 is 9.13 Å². The molecule has 2 nitrogen and oxygen atoms in total. The zero-order chi connectivity index (χ0) is 12.3. The molecule has 0 radical (unpaired) electrons. The third-order valence-electron chi connectivity index (χ3n) is 2.32. The number of ether oxygens (including phenoxy) is 1. The van der Waals surface area contributed by atoms with Gasteiger partial charge in [-0.1, -0.05) is 22.0 Å². The van der Waals surface area contributed by atoms with Crippen molar-refractivity contribution in [2.75, 3.05) is 0 Å². The Hall–Kier alpha value is -1.42. The van der Waals surface area contributed by atoms with Crippen molar-refractivity contribution in [2.24, 2.45) is 0 Å². The van der Waals surface area contributed by atoms with Crippen LogP contribution < -0.4 is 4.74 Å². The molecule has 0 aliphatic carbocycles. The Morgan fingerprint density at radius 1 is 1.29 bits per heavy atom. The third-order valence-corrected chi connectivity index (χ3v) is 2.88. The molecule has 0 aliphatic heterocycles. The van der Waals surface area contributed by atoms with E-state index in [0.29, 0.717) is 22.4 Å². The molecule has 1 aromatic carbocycles. The van der Waals surface area contributed by atoms with Gasteiger partial charge in [0.25, 0.3) is 0 Å². The number of nitrogens with zero attached hydrogens (tertiary/aromatic N) is 1. The highest BCUT2D eigenvalue weighted by Crippen LogP contribution is 2.28. The Morgan fingerprint density at radius 3 is 2.76 bits per heavy atom. The van der Waals surface area contributed by atoms with E-state index in [9.17, 15) is 4.39 Å². The minimum atomic E-state index is -0.278. The Labute approximate surface area is 108 Å². The van der Waals surface area contributed by atoms with Crippen molar-refractivity contribution in [2.45, 2.75) is 12.3 Å². The second-order valence-electron chi connectivity index (χ2n) is 3.59. The lowest BCUT2D eigenvalue weighted by Crippen LogP contribution is -1.93. The number of benzene rings is 1. The summed E-state index contributed by atoms with van der Waals surface area (Å²) in [6, 6.07) is 8.43. The summed E-state index contributed by atoms with van der Waals surface area (Å²) in [6.07, 6.45) is 1.62. The number of pyridine rings is 1. The smallest absolute Gasteiger partial charge is 0.145 e. The van der Waals surface area contributed by atoms with E-state index in [-0.39, 0.29) is 5.82 Å². The Kier molecular flexibility index (Phi) is 3.74. The molecular weight excluding hydrogens is 285 g/mol. The summed E-state index contributed by atoms with van der Waals surface area (Å²) in [4.78, 5) is 4.12. The van der Waals surface area contributed by atoms with Crippen molar-refractivity contribution in [3.05, 3.63) is 53.6 Å². The zero-order valence-electron chi connectivity index (χ0n) is 9.28. The maximum Gasteiger partial charge on any atom is 0.145 e. The highest BCUT2D eigenvalue weighted by Gasteiger charge is 2.09. The van der Waals surface area contributed by atoms with Crippen molar-refractivity contribution in [3.8, 4) is 11.5 Å². The number of halogens is 2. The summed E-state index contributed by atoms with van der Waals surface area (Å²) < 4.78 is 19.1. The second-order valence-corrected chi connectivity index (χ2v) is 4.15. The molecule has 2 rings (SSSR count). The van der Waals surface area contributed by atoms with Gasteiger partial charge in [-0.05, 0) is 31.2 Å². The van der Waals surface area contributed by atoms with Crippen LogP contribution in [-0.4, -0.2) is 4.98 Å². The van der Waals surface area contributed by atoms with Crippen molar-refractivity contribution in [1.29, 1.82) is 0 Å². The van der Waals surface area contributed by atoms with Gasteiger partial charge in [0, 0.05) is 16.6 Å². The summed E-state index contributed by atoms with van der Waals surface area (Å²) in [7, 11) is 0. The lowest BCUT2D eigenvalue weighted by atomic mass is 10.2. The van der Waals surface area contributed by atoms with Gasteiger partial charge in [-0.3, -0.25) is 4.98 Å². The quantitative estimate of drug-likeness (QED) is 0.791. The summed E-state index contributed by atoms with van der Waals surface area (Å²) in [5.74, 6) is 0.829. The molecule has 0 amide bonds. The van der Waals surface area contributed by atoms with E-state index in [2.05, 4.69) is 20.9 Å². The van der Waals surface area contributed by atoms with E-state index in [4.69, 9.17) is 4.74 Å². The number of aryl methyl sites for hydroxylation is 1. The van der Waals surface area contributed by atoms with Crippen LogP contribution >= 0.6 is 15.9 Å². The van der Waals surface area contributed by atoms with E-state index in [1.807, 2.05) is 19.1 Å². The van der Waals surface area contributed by atoms with Crippen LogP contribution in [0.3, 0.4) is 0 Å². The van der Waals surface area contributed by atoms with E-state index < -0.39 is 0 Å². The summed E-state index contributed by atoms with van der Waals surface area (Å²) in [5, 5.41) is 0.411. The standard InChI is InChI=1S/C13H11BrFNO/c1-9-5-6-10(8-16-9)17-13-4-2-3-12(15)11(13)7-14/h2-6,8H,7H2,1H3. The third kappa shape index (κ3) is 2.82. The summed E-state index contributed by atoms with van der Waals surface area (Å²) >= 11 is 3.25. The maximum atomic E-state index is 13.5. The van der Waals surface area contributed by atoms with Crippen LogP contribution in [0.15, 0.2) is 36.5 Å². The average Bonchev–Trinajstić information content (AvgIpc) is 2.32. The van der Waals surface area contributed by atoms with Crippen molar-refractivity contribution in [3.63, 3.8) is 0 Å². The average molecular weight is 296 g/mol. The minimum absolute atomic E-state index is 0.278. The number of hydrogen-bond acceptors (Lipinski definition) is 2. The first kappa shape index (κ1) is 12.0. The summed E-state index contributed by atoms with van der Waals surface area (Å²) in [6.45, 7) is 1.90. The molecule has 88 valence electrons. The molecule has 0 aliphatic rings. The van der Waals surface area contributed by atoms with E-state index in [1.165, 1.54) is 6.07 Å². The van der Waals surface area contributed by atoms with Crippen molar-refractivity contribution in [1.82, 2.24) is 4.98 Å². The van der Waals surface area contributed by atoms with Gasteiger partial charge in [0.1, 0.15) is 17.3 Å². The first-order chi connectivity index (χ1) is 8.20. The Morgan fingerprint density at radius 2 is 2.12 bits per heavy atom. The normalized spacial score (nSPS) is 10.3. The molecule has 0 saturated carbocycles. The van der Waals surface area contributed by atoms with Gasteiger partial charge in [0.2, 0.25) is 0 Å². The number of hydrogen-bond donors (Lipinski definition) is 0. The van der Waals surface area contributed by atoms with Crippen LogP contribution in [0.25, 0.3) is 0 Å². The van der Waals surface area contributed by atoms with Crippen LogP contribution in [-0.2, 0) is 5.33 Å². The van der Waals surface area contributed by atoms with Gasteiger partial charge in [-0.15, -0.1) is 0 Å². The molecular formula is C13H11BrFNO. The number of aromatic nitrogens is 1. The van der Waals surface area contributed by atoms with E-state index >= 15 is 0 Å².